The minimum Gasteiger partial charge on any atom is -0.353 e. The van der Waals surface area contributed by atoms with E-state index < -0.39 is 0 Å². The van der Waals surface area contributed by atoms with Gasteiger partial charge in [-0.05, 0) is 5.21 Å². The van der Waals surface area contributed by atoms with E-state index >= 15 is 0 Å². The van der Waals surface area contributed by atoms with Gasteiger partial charge in [0.15, 0.2) is 0 Å². The summed E-state index contributed by atoms with van der Waals surface area (Å²) in [5, 5.41) is 15.2. The molecule has 74 valence electrons. The molecule has 2 heterocycles. The molecule has 1 fully saturated rings. The van der Waals surface area contributed by atoms with Crippen molar-refractivity contribution in [2.24, 2.45) is 0 Å². The van der Waals surface area contributed by atoms with Gasteiger partial charge in [-0.3, -0.25) is 9.59 Å². The Morgan fingerprint density at radius 1 is 1.50 bits per heavy atom. The number of H-pyrrole nitrogens is 1. The molecule has 1 saturated heterocycles. The summed E-state index contributed by atoms with van der Waals surface area (Å²) in [6.07, 6.45) is 0. The quantitative estimate of drug-likeness (QED) is 0.529. The van der Waals surface area contributed by atoms with Crippen LogP contribution in [0.25, 0.3) is 0 Å². The molecule has 0 spiro atoms. The molecule has 1 aromatic heterocycles. The Bertz CT molecular complexity index is 347. The molecule has 1 aliphatic rings. The van der Waals surface area contributed by atoms with Crippen molar-refractivity contribution in [3.63, 3.8) is 0 Å². The van der Waals surface area contributed by atoms with Gasteiger partial charge in [0.05, 0.1) is 0 Å². The van der Waals surface area contributed by atoms with Crippen LogP contribution in [-0.4, -0.2) is 57.0 Å². The molecule has 1 aliphatic heterocycles. The molecule has 0 radical (unpaired) electrons. The maximum Gasteiger partial charge on any atom is 0.295 e. The smallest absolute Gasteiger partial charge is 0.295 e. The Morgan fingerprint density at radius 3 is 3.00 bits per heavy atom. The zero-order chi connectivity index (χ0) is 9.97. The number of amides is 2. The number of carbonyl (C=O) groups is 2. The van der Waals surface area contributed by atoms with Crippen LogP contribution in [0, 0.1) is 0 Å². The number of carbonyl (C=O) groups excluding carboxylic acids is 2. The van der Waals surface area contributed by atoms with Gasteiger partial charge < -0.3 is 10.2 Å². The molecule has 2 N–H and O–H groups in total. The van der Waals surface area contributed by atoms with Gasteiger partial charge >= 0.3 is 0 Å². The second kappa shape index (κ2) is 3.40. The van der Waals surface area contributed by atoms with Crippen LogP contribution in [0.4, 0.5) is 0 Å². The fourth-order valence-electron chi connectivity index (χ4n) is 1.21. The van der Waals surface area contributed by atoms with E-state index in [1.807, 2.05) is 0 Å². The van der Waals surface area contributed by atoms with Gasteiger partial charge in [-0.25, -0.2) is 0 Å². The van der Waals surface area contributed by atoms with E-state index in [1.54, 1.807) is 0 Å². The van der Waals surface area contributed by atoms with Crippen molar-refractivity contribution < 1.29 is 9.59 Å². The van der Waals surface area contributed by atoms with Crippen LogP contribution in [0.15, 0.2) is 0 Å². The van der Waals surface area contributed by atoms with Crippen LogP contribution < -0.4 is 5.32 Å². The number of tetrazole rings is 1. The average molecular weight is 196 g/mol. The molecule has 1 aromatic rings. The topological polar surface area (TPSA) is 104 Å². The number of rotatable bonds is 1. The highest BCUT2D eigenvalue weighted by Gasteiger charge is 2.24. The van der Waals surface area contributed by atoms with Crippen molar-refractivity contribution in [1.82, 2.24) is 30.8 Å². The third-order valence-electron chi connectivity index (χ3n) is 1.86. The van der Waals surface area contributed by atoms with Crippen LogP contribution in [0.5, 0.6) is 0 Å². The molecule has 2 rings (SSSR count). The Kier molecular flexibility index (Phi) is 2.09. The number of hydrogen-bond acceptors (Lipinski definition) is 5. The second-order valence-corrected chi connectivity index (χ2v) is 2.81. The van der Waals surface area contributed by atoms with Crippen LogP contribution in [-0.2, 0) is 4.79 Å². The minimum atomic E-state index is -0.381. The van der Waals surface area contributed by atoms with Gasteiger partial charge in [0.25, 0.3) is 11.7 Å². The predicted molar refractivity (Wildman–Crippen MR) is 43.1 cm³/mol. The largest absolute Gasteiger partial charge is 0.353 e. The molecular formula is C6H8N6O2. The van der Waals surface area contributed by atoms with Crippen molar-refractivity contribution in [3.05, 3.63) is 5.82 Å². The fourth-order valence-corrected chi connectivity index (χ4v) is 1.21. The SMILES string of the molecule is O=C1CN(C(=O)c2nn[nH]n2)CCN1. The molecule has 0 aliphatic carbocycles. The Hall–Kier alpha value is -1.99. The molecule has 8 heteroatoms. The number of nitrogens with one attached hydrogen (secondary N) is 2. The number of aromatic amines is 1. The van der Waals surface area contributed by atoms with E-state index in [9.17, 15) is 9.59 Å². The molecule has 0 atom stereocenters. The summed E-state index contributed by atoms with van der Waals surface area (Å²) < 4.78 is 0. The van der Waals surface area contributed by atoms with Crippen LogP contribution in [0.3, 0.4) is 0 Å². The molecule has 2 amide bonds. The lowest BCUT2D eigenvalue weighted by Gasteiger charge is -2.25. The van der Waals surface area contributed by atoms with E-state index in [1.165, 1.54) is 4.90 Å². The van der Waals surface area contributed by atoms with Gasteiger partial charge in [0, 0.05) is 13.1 Å². The van der Waals surface area contributed by atoms with E-state index in [4.69, 9.17) is 0 Å². The number of nitrogens with zero attached hydrogens (tertiary/aromatic N) is 4. The van der Waals surface area contributed by atoms with Gasteiger partial charge in [0.1, 0.15) is 6.54 Å². The standard InChI is InChI=1S/C6H8N6O2/c13-4-3-12(2-1-7-4)6(14)5-8-10-11-9-5/h1-3H2,(H,7,13)(H,8,9,10,11). The zero-order valence-electron chi connectivity index (χ0n) is 7.23. The van der Waals surface area contributed by atoms with Gasteiger partial charge in [-0.15, -0.1) is 10.2 Å². The maximum atomic E-state index is 11.6. The van der Waals surface area contributed by atoms with Crippen molar-refractivity contribution in [1.29, 1.82) is 0 Å². The van der Waals surface area contributed by atoms with Gasteiger partial charge in [0.2, 0.25) is 5.91 Å². The Balaban J connectivity index is 2.08. The summed E-state index contributed by atoms with van der Waals surface area (Å²) in [4.78, 5) is 23.9. The van der Waals surface area contributed by atoms with Crippen molar-refractivity contribution in [2.75, 3.05) is 19.6 Å². The molecule has 8 nitrogen and oxygen atoms in total. The zero-order valence-corrected chi connectivity index (χ0v) is 7.23. The summed E-state index contributed by atoms with van der Waals surface area (Å²) in [7, 11) is 0. The first kappa shape index (κ1) is 8.60. The number of hydrogen-bond donors (Lipinski definition) is 2. The highest BCUT2D eigenvalue weighted by atomic mass is 16.2. The van der Waals surface area contributed by atoms with Crippen molar-refractivity contribution >= 4 is 11.8 Å². The third-order valence-corrected chi connectivity index (χ3v) is 1.86. The summed E-state index contributed by atoms with van der Waals surface area (Å²) in [6, 6.07) is 0. The summed E-state index contributed by atoms with van der Waals surface area (Å²) in [5.41, 5.74) is 0. The third kappa shape index (κ3) is 1.53. The molecule has 0 saturated carbocycles. The minimum absolute atomic E-state index is 0.0142. The highest BCUT2D eigenvalue weighted by molar-refractivity contribution is 5.93. The first-order valence-electron chi connectivity index (χ1n) is 4.07. The first-order valence-corrected chi connectivity index (χ1v) is 4.07. The van der Waals surface area contributed by atoms with E-state index in [2.05, 4.69) is 25.9 Å². The number of piperazine rings is 1. The van der Waals surface area contributed by atoms with Crippen LogP contribution >= 0.6 is 0 Å². The summed E-state index contributed by atoms with van der Waals surface area (Å²) >= 11 is 0. The Morgan fingerprint density at radius 2 is 2.36 bits per heavy atom. The van der Waals surface area contributed by atoms with Crippen molar-refractivity contribution in [3.8, 4) is 0 Å². The lowest BCUT2D eigenvalue weighted by atomic mass is 10.3. The lowest BCUT2D eigenvalue weighted by molar-refractivity contribution is -0.123. The van der Waals surface area contributed by atoms with Crippen LogP contribution in [0.2, 0.25) is 0 Å². The lowest BCUT2D eigenvalue weighted by Crippen LogP contribution is -2.50. The van der Waals surface area contributed by atoms with Gasteiger partial charge in [-0.2, -0.15) is 5.21 Å². The first-order chi connectivity index (χ1) is 6.77. The molecule has 0 aromatic carbocycles. The monoisotopic (exact) mass is 196 g/mol. The molecule has 0 unspecified atom stereocenters. The van der Waals surface area contributed by atoms with E-state index in [0.29, 0.717) is 13.1 Å². The summed E-state index contributed by atoms with van der Waals surface area (Å²) in [5.74, 6) is -0.568. The predicted octanol–water partition coefficient (Wildman–Crippen LogP) is -2.23. The second-order valence-electron chi connectivity index (χ2n) is 2.81. The Labute approximate surface area is 78.7 Å². The molecular weight excluding hydrogens is 188 g/mol. The number of aromatic nitrogens is 4. The van der Waals surface area contributed by atoms with E-state index in [-0.39, 0.29) is 24.2 Å². The fraction of sp³-hybridized carbons (Fsp3) is 0.500. The highest BCUT2D eigenvalue weighted by Crippen LogP contribution is 1.99. The maximum absolute atomic E-state index is 11.6. The van der Waals surface area contributed by atoms with Gasteiger partial charge in [-0.1, -0.05) is 0 Å². The van der Waals surface area contributed by atoms with Crippen molar-refractivity contribution in [2.45, 2.75) is 0 Å². The van der Waals surface area contributed by atoms with E-state index in [0.717, 1.165) is 0 Å². The average Bonchev–Trinajstić information content (AvgIpc) is 2.69. The normalized spacial score (nSPS) is 16.6. The summed E-state index contributed by atoms with van der Waals surface area (Å²) in [6.45, 7) is 0.981. The molecule has 14 heavy (non-hydrogen) atoms. The molecule has 0 bridgehead atoms. The van der Waals surface area contributed by atoms with Crippen LogP contribution in [0.1, 0.15) is 10.6 Å².